The first-order valence-corrected chi connectivity index (χ1v) is 9.27. The smallest absolute Gasteiger partial charge is 0.231 e. The van der Waals surface area contributed by atoms with E-state index in [-0.39, 0.29) is 24.0 Å². The second-order valence-corrected chi connectivity index (χ2v) is 7.29. The van der Waals surface area contributed by atoms with E-state index in [0.717, 1.165) is 29.7 Å². The van der Waals surface area contributed by atoms with E-state index in [1.807, 2.05) is 39.0 Å². The van der Waals surface area contributed by atoms with Crippen LogP contribution in [0.1, 0.15) is 46.1 Å². The third kappa shape index (κ3) is 5.20. The molecule has 0 aliphatic carbocycles. The molecule has 1 amide bonds. The SMILES string of the molecule is CC[C@H]1O[C@@H](/C(C)=C/[C@H](C)C(=O)Nc2ccc(Cl)cc2C)CC=C1C. The quantitative estimate of drug-likeness (QED) is 0.685. The molecule has 1 aromatic carbocycles. The molecule has 0 spiro atoms. The molecule has 2 rings (SSSR count). The molecule has 1 N–H and O–H groups in total. The average molecular weight is 362 g/mol. The topological polar surface area (TPSA) is 38.3 Å². The summed E-state index contributed by atoms with van der Waals surface area (Å²) in [5.74, 6) is -0.259. The van der Waals surface area contributed by atoms with Crippen LogP contribution in [0.5, 0.6) is 0 Å². The van der Waals surface area contributed by atoms with Gasteiger partial charge in [-0.1, -0.05) is 37.6 Å². The monoisotopic (exact) mass is 361 g/mol. The molecule has 0 fully saturated rings. The molecule has 25 heavy (non-hydrogen) atoms. The van der Waals surface area contributed by atoms with Gasteiger partial charge >= 0.3 is 0 Å². The maximum absolute atomic E-state index is 12.5. The Hall–Kier alpha value is -1.58. The first-order valence-electron chi connectivity index (χ1n) is 8.89. The summed E-state index contributed by atoms with van der Waals surface area (Å²) < 4.78 is 6.16. The third-order valence-electron chi connectivity index (χ3n) is 4.74. The van der Waals surface area contributed by atoms with E-state index in [1.54, 1.807) is 6.07 Å². The lowest BCUT2D eigenvalue weighted by molar-refractivity contribution is -0.118. The summed E-state index contributed by atoms with van der Waals surface area (Å²) in [7, 11) is 0. The van der Waals surface area contributed by atoms with Crippen molar-refractivity contribution in [1.82, 2.24) is 0 Å². The summed E-state index contributed by atoms with van der Waals surface area (Å²) in [5, 5.41) is 3.65. The van der Waals surface area contributed by atoms with E-state index < -0.39 is 0 Å². The molecule has 0 saturated heterocycles. The Morgan fingerprint density at radius 2 is 2.16 bits per heavy atom. The fourth-order valence-electron chi connectivity index (χ4n) is 3.09. The average Bonchev–Trinajstić information content (AvgIpc) is 2.57. The van der Waals surface area contributed by atoms with Gasteiger partial charge in [-0.25, -0.2) is 0 Å². The van der Waals surface area contributed by atoms with Crippen LogP contribution in [0.2, 0.25) is 5.02 Å². The minimum absolute atomic E-state index is 0.0284. The molecule has 1 aliphatic heterocycles. The Bertz CT molecular complexity index is 693. The number of ether oxygens (including phenoxy) is 1. The van der Waals surface area contributed by atoms with Crippen LogP contribution in [0.3, 0.4) is 0 Å². The molecule has 1 aliphatic rings. The second kappa shape index (κ2) is 8.68. The minimum Gasteiger partial charge on any atom is -0.366 e. The van der Waals surface area contributed by atoms with Crippen molar-refractivity contribution in [3.05, 3.63) is 52.1 Å². The van der Waals surface area contributed by atoms with Gasteiger partial charge in [0, 0.05) is 10.7 Å². The summed E-state index contributed by atoms with van der Waals surface area (Å²) in [6.45, 7) is 10.1. The number of amides is 1. The molecule has 136 valence electrons. The molecule has 0 radical (unpaired) electrons. The van der Waals surface area contributed by atoms with Gasteiger partial charge in [0.1, 0.15) is 0 Å². The van der Waals surface area contributed by atoms with Crippen LogP contribution in [-0.4, -0.2) is 18.1 Å². The number of benzene rings is 1. The second-order valence-electron chi connectivity index (χ2n) is 6.85. The molecule has 3 atom stereocenters. The normalized spacial score (nSPS) is 22.3. The number of hydrogen-bond donors (Lipinski definition) is 1. The number of anilines is 1. The van der Waals surface area contributed by atoms with Gasteiger partial charge in [-0.3, -0.25) is 4.79 Å². The molecular weight excluding hydrogens is 334 g/mol. The summed E-state index contributed by atoms with van der Waals surface area (Å²) in [5.41, 5.74) is 4.16. The highest BCUT2D eigenvalue weighted by Gasteiger charge is 2.23. The van der Waals surface area contributed by atoms with E-state index in [1.165, 1.54) is 5.57 Å². The summed E-state index contributed by atoms with van der Waals surface area (Å²) >= 11 is 5.96. The number of hydrogen-bond acceptors (Lipinski definition) is 2. The van der Waals surface area contributed by atoms with Crippen molar-refractivity contribution >= 4 is 23.2 Å². The van der Waals surface area contributed by atoms with Gasteiger partial charge in [0.2, 0.25) is 5.91 Å². The number of aryl methyl sites for hydroxylation is 1. The zero-order chi connectivity index (χ0) is 18.6. The van der Waals surface area contributed by atoms with E-state index in [0.29, 0.717) is 5.02 Å². The Labute approximate surface area is 156 Å². The van der Waals surface area contributed by atoms with Crippen molar-refractivity contribution in [2.45, 2.75) is 59.7 Å². The predicted molar refractivity (Wildman–Crippen MR) is 105 cm³/mol. The molecule has 1 heterocycles. The van der Waals surface area contributed by atoms with Gasteiger partial charge in [0.15, 0.2) is 0 Å². The zero-order valence-electron chi connectivity index (χ0n) is 15.7. The zero-order valence-corrected chi connectivity index (χ0v) is 16.5. The summed E-state index contributed by atoms with van der Waals surface area (Å²) in [6, 6.07) is 5.46. The van der Waals surface area contributed by atoms with E-state index in [9.17, 15) is 4.79 Å². The molecular formula is C21H28ClNO2. The van der Waals surface area contributed by atoms with Crippen LogP contribution < -0.4 is 5.32 Å². The molecule has 0 unspecified atom stereocenters. The van der Waals surface area contributed by atoms with Gasteiger partial charge in [0.05, 0.1) is 18.1 Å². The van der Waals surface area contributed by atoms with Crippen molar-refractivity contribution in [1.29, 1.82) is 0 Å². The molecule has 0 bridgehead atoms. The minimum atomic E-state index is -0.231. The van der Waals surface area contributed by atoms with E-state index >= 15 is 0 Å². The Morgan fingerprint density at radius 1 is 1.44 bits per heavy atom. The molecule has 1 aromatic rings. The highest BCUT2D eigenvalue weighted by atomic mass is 35.5. The van der Waals surface area contributed by atoms with Gasteiger partial charge in [-0.15, -0.1) is 0 Å². The standard InChI is InChI=1S/C21H28ClNO2/c1-6-19-13(2)7-10-20(25-19)15(4)11-16(5)21(24)23-18-9-8-17(22)12-14(18)3/h7-9,11-12,16,19-20H,6,10H2,1-5H3,(H,23,24)/b15-11+/t16-,19+,20+/m0/s1. The van der Waals surface area contributed by atoms with Gasteiger partial charge in [-0.2, -0.15) is 0 Å². The fourth-order valence-corrected chi connectivity index (χ4v) is 3.31. The Balaban J connectivity index is 2.03. The van der Waals surface area contributed by atoms with Crippen molar-refractivity contribution in [3.8, 4) is 0 Å². The third-order valence-corrected chi connectivity index (χ3v) is 4.98. The number of rotatable bonds is 5. The first kappa shape index (κ1) is 19.7. The lowest BCUT2D eigenvalue weighted by Crippen LogP contribution is -2.28. The number of nitrogens with one attached hydrogen (secondary N) is 1. The molecule has 0 saturated carbocycles. The van der Waals surface area contributed by atoms with Crippen LogP contribution >= 0.6 is 11.6 Å². The number of carbonyl (C=O) groups excluding carboxylic acids is 1. The van der Waals surface area contributed by atoms with Crippen LogP contribution in [0.25, 0.3) is 0 Å². The van der Waals surface area contributed by atoms with E-state index in [4.69, 9.17) is 16.3 Å². The highest BCUT2D eigenvalue weighted by molar-refractivity contribution is 6.30. The van der Waals surface area contributed by atoms with Crippen LogP contribution in [-0.2, 0) is 9.53 Å². The predicted octanol–water partition coefficient (Wildman–Crippen LogP) is 5.68. The van der Waals surface area contributed by atoms with Crippen molar-refractivity contribution in [3.63, 3.8) is 0 Å². The van der Waals surface area contributed by atoms with Gasteiger partial charge in [-0.05, 0) is 68.5 Å². The van der Waals surface area contributed by atoms with Crippen LogP contribution in [0.15, 0.2) is 41.5 Å². The van der Waals surface area contributed by atoms with Crippen molar-refractivity contribution in [2.75, 3.05) is 5.32 Å². The number of halogens is 1. The molecule has 0 aromatic heterocycles. The fraction of sp³-hybridized carbons (Fsp3) is 0.476. The van der Waals surface area contributed by atoms with E-state index in [2.05, 4.69) is 25.2 Å². The largest absolute Gasteiger partial charge is 0.366 e. The van der Waals surface area contributed by atoms with Crippen molar-refractivity contribution in [2.24, 2.45) is 5.92 Å². The highest BCUT2D eigenvalue weighted by Crippen LogP contribution is 2.26. The lowest BCUT2D eigenvalue weighted by atomic mass is 9.96. The lowest BCUT2D eigenvalue weighted by Gasteiger charge is -2.30. The maximum Gasteiger partial charge on any atom is 0.231 e. The van der Waals surface area contributed by atoms with Crippen molar-refractivity contribution < 1.29 is 9.53 Å². The Morgan fingerprint density at radius 3 is 2.80 bits per heavy atom. The molecule has 4 heteroatoms. The first-order chi connectivity index (χ1) is 11.8. The Kier molecular flexibility index (Phi) is 6.86. The molecule has 3 nitrogen and oxygen atoms in total. The number of carbonyl (C=O) groups is 1. The summed E-state index contributed by atoms with van der Waals surface area (Å²) in [4.78, 5) is 12.5. The van der Waals surface area contributed by atoms with Crippen LogP contribution in [0, 0.1) is 12.8 Å². The van der Waals surface area contributed by atoms with Gasteiger partial charge < -0.3 is 10.1 Å². The van der Waals surface area contributed by atoms with Gasteiger partial charge in [0.25, 0.3) is 0 Å². The summed E-state index contributed by atoms with van der Waals surface area (Å²) in [6.07, 6.45) is 6.34. The van der Waals surface area contributed by atoms with Crippen LogP contribution in [0.4, 0.5) is 5.69 Å². The maximum atomic E-state index is 12.5.